The van der Waals surface area contributed by atoms with Crippen LogP contribution >= 0.6 is 0 Å². The summed E-state index contributed by atoms with van der Waals surface area (Å²) in [5.74, 6) is 0.783. The molecule has 0 saturated carbocycles. The van der Waals surface area contributed by atoms with Crippen molar-refractivity contribution < 1.29 is 0 Å². The van der Waals surface area contributed by atoms with Crippen LogP contribution in [0.4, 0.5) is 5.82 Å². The van der Waals surface area contributed by atoms with E-state index in [4.69, 9.17) is 5.73 Å². The van der Waals surface area contributed by atoms with Gasteiger partial charge in [-0.2, -0.15) is 5.10 Å². The first-order chi connectivity index (χ1) is 6.42. The highest BCUT2D eigenvalue weighted by atomic mass is 15.3. The van der Waals surface area contributed by atoms with Crippen LogP contribution in [0.25, 0.3) is 0 Å². The molecule has 80 valence electrons. The number of hydrogen-bond donors (Lipinski definition) is 1. The Hall–Kier alpha value is -0.990. The van der Waals surface area contributed by atoms with Crippen LogP contribution in [0.2, 0.25) is 0 Å². The number of nitrogen functional groups attached to an aromatic ring is 1. The van der Waals surface area contributed by atoms with Gasteiger partial charge in [0.05, 0.1) is 5.69 Å². The van der Waals surface area contributed by atoms with Crippen molar-refractivity contribution in [2.24, 2.45) is 5.41 Å². The van der Waals surface area contributed by atoms with Gasteiger partial charge in [0.15, 0.2) is 0 Å². The lowest BCUT2D eigenvalue weighted by Crippen LogP contribution is -2.10. The largest absolute Gasteiger partial charge is 0.384 e. The molecule has 0 amide bonds. The molecule has 0 aliphatic carbocycles. The molecule has 1 aromatic rings. The van der Waals surface area contributed by atoms with Crippen molar-refractivity contribution in [3.8, 4) is 0 Å². The lowest BCUT2D eigenvalue weighted by Gasteiger charge is -2.15. The second-order valence-electron chi connectivity index (χ2n) is 5.02. The van der Waals surface area contributed by atoms with E-state index in [9.17, 15) is 0 Å². The van der Waals surface area contributed by atoms with Crippen LogP contribution in [-0.2, 0) is 13.0 Å². The van der Waals surface area contributed by atoms with Gasteiger partial charge in [-0.05, 0) is 18.3 Å². The Morgan fingerprint density at radius 3 is 2.57 bits per heavy atom. The molecule has 0 saturated heterocycles. The molecule has 0 atom stereocenters. The van der Waals surface area contributed by atoms with Crippen molar-refractivity contribution >= 4 is 5.82 Å². The zero-order valence-electron chi connectivity index (χ0n) is 9.67. The molecule has 0 bridgehead atoms. The standard InChI is InChI=1S/C11H21N3/c1-5-6-14-10(12)7-9(13-14)8-11(2,3)4/h7H,5-6,8,12H2,1-4H3. The molecule has 1 heterocycles. The molecule has 3 nitrogen and oxygen atoms in total. The van der Waals surface area contributed by atoms with Gasteiger partial charge >= 0.3 is 0 Å². The summed E-state index contributed by atoms with van der Waals surface area (Å²) in [5, 5.41) is 4.48. The molecule has 0 aromatic carbocycles. The monoisotopic (exact) mass is 195 g/mol. The third-order valence-corrected chi connectivity index (χ3v) is 2.01. The van der Waals surface area contributed by atoms with Crippen molar-refractivity contribution in [1.29, 1.82) is 0 Å². The fraction of sp³-hybridized carbons (Fsp3) is 0.727. The Labute approximate surface area is 86.3 Å². The Kier molecular flexibility index (Phi) is 3.19. The van der Waals surface area contributed by atoms with E-state index in [1.807, 2.05) is 10.7 Å². The molecular formula is C11H21N3. The number of aryl methyl sites for hydroxylation is 1. The molecule has 3 heteroatoms. The summed E-state index contributed by atoms with van der Waals surface area (Å²) in [6, 6.07) is 1.99. The summed E-state index contributed by atoms with van der Waals surface area (Å²) < 4.78 is 1.89. The molecule has 0 fully saturated rings. The number of rotatable bonds is 3. The summed E-state index contributed by atoms with van der Waals surface area (Å²) in [7, 11) is 0. The Balaban J connectivity index is 2.75. The number of anilines is 1. The van der Waals surface area contributed by atoms with E-state index in [1.165, 1.54) is 0 Å². The molecule has 0 unspecified atom stereocenters. The van der Waals surface area contributed by atoms with Gasteiger partial charge in [0.2, 0.25) is 0 Å². The van der Waals surface area contributed by atoms with E-state index in [0.717, 1.165) is 30.9 Å². The average Bonchev–Trinajstić information content (AvgIpc) is 2.28. The number of aromatic nitrogens is 2. The fourth-order valence-corrected chi connectivity index (χ4v) is 1.51. The Morgan fingerprint density at radius 1 is 1.43 bits per heavy atom. The minimum atomic E-state index is 0.276. The third-order valence-electron chi connectivity index (χ3n) is 2.01. The highest BCUT2D eigenvalue weighted by Crippen LogP contribution is 2.20. The van der Waals surface area contributed by atoms with Gasteiger partial charge in [0.25, 0.3) is 0 Å². The van der Waals surface area contributed by atoms with Crippen LogP contribution in [0, 0.1) is 5.41 Å². The second-order valence-corrected chi connectivity index (χ2v) is 5.02. The van der Waals surface area contributed by atoms with Crippen LogP contribution in [0.15, 0.2) is 6.07 Å². The average molecular weight is 195 g/mol. The summed E-state index contributed by atoms with van der Waals surface area (Å²) in [6.07, 6.45) is 2.05. The topological polar surface area (TPSA) is 43.8 Å². The zero-order chi connectivity index (χ0) is 10.8. The van der Waals surface area contributed by atoms with Crippen molar-refractivity contribution in [1.82, 2.24) is 9.78 Å². The maximum Gasteiger partial charge on any atom is 0.121 e. The Morgan fingerprint density at radius 2 is 2.07 bits per heavy atom. The summed E-state index contributed by atoms with van der Waals surface area (Å²) in [5.41, 5.74) is 7.22. The lowest BCUT2D eigenvalue weighted by molar-refractivity contribution is 0.403. The molecule has 0 aliphatic rings. The van der Waals surface area contributed by atoms with E-state index in [0.29, 0.717) is 0 Å². The maximum atomic E-state index is 5.85. The first kappa shape index (κ1) is 11.1. The number of nitrogens with two attached hydrogens (primary N) is 1. The van der Waals surface area contributed by atoms with E-state index >= 15 is 0 Å². The molecule has 2 N–H and O–H groups in total. The van der Waals surface area contributed by atoms with Crippen molar-refractivity contribution in [2.75, 3.05) is 5.73 Å². The highest BCUT2D eigenvalue weighted by molar-refractivity contribution is 5.31. The quantitative estimate of drug-likeness (QED) is 0.805. The minimum absolute atomic E-state index is 0.276. The van der Waals surface area contributed by atoms with Crippen LogP contribution in [0.3, 0.4) is 0 Å². The smallest absolute Gasteiger partial charge is 0.121 e. The molecule has 1 aromatic heterocycles. The van der Waals surface area contributed by atoms with E-state index < -0.39 is 0 Å². The van der Waals surface area contributed by atoms with Crippen molar-refractivity contribution in [3.05, 3.63) is 11.8 Å². The maximum absolute atomic E-state index is 5.85. The van der Waals surface area contributed by atoms with Gasteiger partial charge in [-0.3, -0.25) is 0 Å². The SMILES string of the molecule is CCCn1nc(CC(C)(C)C)cc1N. The van der Waals surface area contributed by atoms with Crippen LogP contribution in [0.1, 0.15) is 39.8 Å². The first-order valence-corrected chi connectivity index (χ1v) is 5.24. The number of hydrogen-bond acceptors (Lipinski definition) is 2. The summed E-state index contributed by atoms with van der Waals surface area (Å²) in [4.78, 5) is 0. The van der Waals surface area contributed by atoms with E-state index in [-0.39, 0.29) is 5.41 Å². The summed E-state index contributed by atoms with van der Waals surface area (Å²) >= 11 is 0. The summed E-state index contributed by atoms with van der Waals surface area (Å²) in [6.45, 7) is 9.67. The van der Waals surface area contributed by atoms with Crippen molar-refractivity contribution in [3.63, 3.8) is 0 Å². The molecular weight excluding hydrogens is 174 g/mol. The van der Waals surface area contributed by atoms with Crippen LogP contribution in [-0.4, -0.2) is 9.78 Å². The molecule has 14 heavy (non-hydrogen) atoms. The molecule has 0 aliphatic heterocycles. The van der Waals surface area contributed by atoms with Gasteiger partial charge in [0.1, 0.15) is 5.82 Å². The van der Waals surface area contributed by atoms with Gasteiger partial charge in [-0.25, -0.2) is 4.68 Å². The van der Waals surface area contributed by atoms with Gasteiger partial charge in [0, 0.05) is 12.6 Å². The van der Waals surface area contributed by atoms with Gasteiger partial charge in [-0.1, -0.05) is 27.7 Å². The second kappa shape index (κ2) is 4.03. The number of nitrogens with zero attached hydrogens (tertiary/aromatic N) is 2. The molecule has 0 radical (unpaired) electrons. The normalized spacial score (nSPS) is 12.0. The van der Waals surface area contributed by atoms with Gasteiger partial charge in [-0.15, -0.1) is 0 Å². The first-order valence-electron chi connectivity index (χ1n) is 5.24. The highest BCUT2D eigenvalue weighted by Gasteiger charge is 2.14. The zero-order valence-corrected chi connectivity index (χ0v) is 9.67. The van der Waals surface area contributed by atoms with E-state index in [2.05, 4.69) is 32.8 Å². The predicted molar refractivity (Wildman–Crippen MR) is 60.1 cm³/mol. The molecule has 1 rings (SSSR count). The molecule has 0 spiro atoms. The third kappa shape index (κ3) is 3.05. The fourth-order valence-electron chi connectivity index (χ4n) is 1.51. The van der Waals surface area contributed by atoms with Crippen LogP contribution in [0.5, 0.6) is 0 Å². The Bertz CT molecular complexity index is 294. The minimum Gasteiger partial charge on any atom is -0.384 e. The van der Waals surface area contributed by atoms with Crippen LogP contribution < -0.4 is 5.73 Å². The lowest BCUT2D eigenvalue weighted by atomic mass is 9.91. The van der Waals surface area contributed by atoms with Crippen molar-refractivity contribution in [2.45, 2.75) is 47.1 Å². The van der Waals surface area contributed by atoms with E-state index in [1.54, 1.807) is 0 Å². The predicted octanol–water partition coefficient (Wildman–Crippen LogP) is 2.46. The van der Waals surface area contributed by atoms with Gasteiger partial charge < -0.3 is 5.73 Å².